The maximum absolute atomic E-state index is 14.8. The van der Waals surface area contributed by atoms with Gasteiger partial charge in [0.2, 0.25) is 7.44 Å². The van der Waals surface area contributed by atoms with Crippen LogP contribution >= 0.6 is 26.6 Å². The van der Waals surface area contributed by atoms with Crippen LogP contribution in [-0.2, 0) is 60.3 Å². The Balaban J connectivity index is 0.000000348. The number of esters is 3. The highest BCUT2D eigenvalue weighted by Crippen LogP contribution is 2.43. The van der Waals surface area contributed by atoms with Crippen molar-refractivity contribution >= 4 is 78.5 Å². The third kappa shape index (κ3) is 23.6. The van der Waals surface area contributed by atoms with E-state index in [1.165, 1.54) is 57.5 Å². The van der Waals surface area contributed by atoms with Crippen LogP contribution < -0.4 is 27.8 Å². The van der Waals surface area contributed by atoms with Crippen molar-refractivity contribution in [3.63, 3.8) is 0 Å². The molecule has 0 aromatic carbocycles. The van der Waals surface area contributed by atoms with Crippen LogP contribution in [0.4, 0.5) is 11.6 Å². The van der Waals surface area contributed by atoms with Gasteiger partial charge in [0.05, 0.1) is 38.0 Å². The highest BCUT2D eigenvalue weighted by atomic mass is 35.5. The van der Waals surface area contributed by atoms with Gasteiger partial charge in [-0.1, -0.05) is 59.3 Å². The fourth-order valence-corrected chi connectivity index (χ4v) is 14.1. The van der Waals surface area contributed by atoms with Gasteiger partial charge >= 0.3 is 25.5 Å². The molecule has 4 heterocycles. The number of nitrogens with one attached hydrogen (secondary N) is 2. The third-order valence-electron chi connectivity index (χ3n) is 15.6. The summed E-state index contributed by atoms with van der Waals surface area (Å²) in [6, 6.07) is 0. The molecule has 3 fully saturated rings. The smallest absolute Gasteiger partial charge is 0.350 e. The molecular weight excluding hydrogens is 1160 g/mol. The SMILES string of the molecule is CCCC1CCC(OC(=O)C(C)(C)Cl)CC1.CCCC1CCC(OC(=O)C(C)(C)NP(=O)(CO[C@H](C)Cn2cnc3c(N)ncnc32)NC(C)(C)C(=O)OC2CCC(CCC)CC2)CC1.C[C@H](Cn1cnc2c(N)ncnc21)OCP(=O)(O)O.N. The fraction of sp³-hybridized carbons (Fsp3) is 0.772. The van der Waals surface area contributed by atoms with Crippen molar-refractivity contribution in [1.29, 1.82) is 0 Å². The fourth-order valence-electron chi connectivity index (χ4n) is 11.0. The molecule has 482 valence electrons. The molecule has 85 heavy (non-hydrogen) atoms. The van der Waals surface area contributed by atoms with E-state index in [1.54, 1.807) is 63.9 Å². The van der Waals surface area contributed by atoms with E-state index in [-0.39, 0.29) is 48.4 Å². The van der Waals surface area contributed by atoms with E-state index in [0.29, 0.717) is 47.3 Å². The van der Waals surface area contributed by atoms with Crippen molar-refractivity contribution in [2.24, 2.45) is 17.8 Å². The van der Waals surface area contributed by atoms with Gasteiger partial charge in [0, 0.05) is 0 Å². The number of ether oxygens (including phenoxy) is 5. The van der Waals surface area contributed by atoms with Crippen molar-refractivity contribution in [3.8, 4) is 0 Å². The summed E-state index contributed by atoms with van der Waals surface area (Å²) in [5, 5.41) is 6.11. The molecule has 0 aliphatic heterocycles. The van der Waals surface area contributed by atoms with Gasteiger partial charge in [-0.25, -0.2) is 40.1 Å². The van der Waals surface area contributed by atoms with Gasteiger partial charge in [0.15, 0.2) is 22.9 Å². The zero-order valence-corrected chi connectivity index (χ0v) is 54.7. The highest BCUT2D eigenvalue weighted by Gasteiger charge is 2.45. The van der Waals surface area contributed by atoms with Crippen LogP contribution in [0.5, 0.6) is 0 Å². The normalized spacial score (nSPS) is 21.9. The average molecular weight is 1260 g/mol. The number of hydrogen-bond acceptors (Lipinski definition) is 19. The van der Waals surface area contributed by atoms with E-state index in [9.17, 15) is 23.5 Å². The lowest BCUT2D eigenvalue weighted by molar-refractivity contribution is -0.157. The monoisotopic (exact) mass is 1260 g/mol. The minimum absolute atomic E-state index is 0. The summed E-state index contributed by atoms with van der Waals surface area (Å²) in [6.45, 7) is 20.8. The Morgan fingerprint density at radius 1 is 0.588 bits per heavy atom. The molecule has 11 N–H and O–H groups in total. The number of hydrogen-bond donors (Lipinski definition) is 7. The summed E-state index contributed by atoms with van der Waals surface area (Å²) < 4.78 is 57.6. The van der Waals surface area contributed by atoms with Crippen molar-refractivity contribution in [3.05, 3.63) is 25.3 Å². The number of nitrogens with zero attached hydrogens (tertiary/aromatic N) is 8. The van der Waals surface area contributed by atoms with Crippen LogP contribution in [0.3, 0.4) is 0 Å². The van der Waals surface area contributed by atoms with Crippen molar-refractivity contribution in [1.82, 2.24) is 55.4 Å². The quantitative estimate of drug-likeness (QED) is 0.0133. The zero-order valence-electron chi connectivity index (χ0n) is 52.2. The number of nitrogen functional groups attached to an aromatic ring is 2. The topological polar surface area (TPSA) is 370 Å². The molecule has 25 nitrogen and oxygen atoms in total. The average Bonchev–Trinajstić information content (AvgIpc) is 4.30. The molecule has 0 radical (unpaired) electrons. The van der Waals surface area contributed by atoms with Crippen LogP contribution in [0.15, 0.2) is 25.3 Å². The van der Waals surface area contributed by atoms with E-state index < -0.39 is 61.5 Å². The van der Waals surface area contributed by atoms with E-state index in [2.05, 4.69) is 60.8 Å². The molecule has 4 aromatic rings. The standard InChI is InChI=1S/C35H60N7O6P.C13H23ClO2.C9H14N5O4P.H3N/c1-8-10-25-12-16-27(17-13-25)47-32(43)34(4,5)40-49(45,23-46-24(3)20-42-22-39-29-30(36)37-21-38-31(29)42)41-35(6,7)33(44)48-28-18-14-26(11-9-2)15-19-28;1-4-5-10-6-8-11(9-7-10)16-12(15)13(2,3)14;1-6(18-5-19(15,16)17)2-14-4-13-7-8(10)11-3-12-9(7)14;/h21-22,24-28H,8-20,23H2,1-7H3,(H2,36,37,38)(H2,40,41,45);10-11H,4-9H2,1-3H3;3-4,6H,2,5H2,1H3,(H2,10,11,12)(H2,15,16,17);1H3/t24-,25?,26?,27?,28?,49?;;6-;/m1.1./s1. The largest absolute Gasteiger partial charge is 0.461 e. The molecule has 0 unspecified atom stereocenters. The summed E-state index contributed by atoms with van der Waals surface area (Å²) in [6.07, 6.45) is 22.9. The van der Waals surface area contributed by atoms with Crippen LogP contribution in [-0.4, -0.2) is 126 Å². The first-order valence-corrected chi connectivity index (χ1v) is 34.1. The molecule has 0 amide bonds. The van der Waals surface area contributed by atoms with Crippen LogP contribution in [0.1, 0.15) is 192 Å². The molecule has 28 heteroatoms. The number of imidazole rings is 2. The van der Waals surface area contributed by atoms with E-state index in [1.807, 2.05) is 6.92 Å². The number of anilines is 2. The molecule has 7 rings (SSSR count). The predicted octanol–water partition coefficient (Wildman–Crippen LogP) is 10.5. The van der Waals surface area contributed by atoms with Crippen LogP contribution in [0, 0.1) is 17.8 Å². The maximum Gasteiger partial charge on any atom is 0.350 e. The summed E-state index contributed by atoms with van der Waals surface area (Å²) in [5.41, 5.74) is 11.0. The molecular formula is C57H100ClN13O12P2. The lowest BCUT2D eigenvalue weighted by Crippen LogP contribution is -2.54. The number of carbonyl (C=O) groups is 3. The van der Waals surface area contributed by atoms with E-state index >= 15 is 0 Å². The number of fused-ring (bicyclic) bond motifs is 2. The van der Waals surface area contributed by atoms with Crippen LogP contribution in [0.25, 0.3) is 22.3 Å². The van der Waals surface area contributed by atoms with Gasteiger partial charge < -0.3 is 60.2 Å². The first-order chi connectivity index (χ1) is 39.4. The molecule has 2 atom stereocenters. The molecule has 3 aliphatic rings. The Labute approximate surface area is 507 Å². The van der Waals surface area contributed by atoms with Gasteiger partial charge in [0.25, 0.3) is 0 Å². The third-order valence-corrected chi connectivity index (χ3v) is 18.5. The van der Waals surface area contributed by atoms with Gasteiger partial charge in [-0.2, -0.15) is 0 Å². The summed E-state index contributed by atoms with van der Waals surface area (Å²) in [5.74, 6) is 1.48. The molecule has 4 aromatic heterocycles. The Morgan fingerprint density at radius 2 is 0.918 bits per heavy atom. The lowest BCUT2D eigenvalue weighted by atomic mass is 9.84. The van der Waals surface area contributed by atoms with Gasteiger partial charge in [-0.05, 0) is 150 Å². The number of halogens is 1. The second-order valence-corrected chi connectivity index (χ2v) is 29.4. The summed E-state index contributed by atoms with van der Waals surface area (Å²) >= 11 is 5.91. The van der Waals surface area contributed by atoms with Crippen molar-refractivity contribution < 1.29 is 57.0 Å². The number of nitrogens with two attached hydrogens (primary N) is 2. The van der Waals surface area contributed by atoms with Gasteiger partial charge in [-0.3, -0.25) is 23.5 Å². The molecule has 3 saturated carbocycles. The predicted molar refractivity (Wildman–Crippen MR) is 330 cm³/mol. The lowest BCUT2D eigenvalue weighted by Gasteiger charge is -2.37. The maximum atomic E-state index is 14.8. The molecule has 0 saturated heterocycles. The number of carbonyl (C=O) groups excluding carboxylic acids is 3. The number of alkyl halides is 1. The second kappa shape index (κ2) is 33.2. The van der Waals surface area contributed by atoms with E-state index in [4.69, 9.17) is 56.5 Å². The summed E-state index contributed by atoms with van der Waals surface area (Å²) in [7, 11) is -7.97. The molecule has 0 spiro atoms. The Morgan fingerprint density at radius 3 is 1.24 bits per heavy atom. The Kier molecular flexibility index (Phi) is 28.6. The second-order valence-electron chi connectivity index (χ2n) is 24.7. The van der Waals surface area contributed by atoms with Gasteiger partial charge in [0.1, 0.15) is 70.6 Å². The molecule has 3 aliphatic carbocycles. The zero-order chi connectivity index (χ0) is 62.0. The Bertz CT molecular complexity index is 2750. The highest BCUT2D eigenvalue weighted by molar-refractivity contribution is 7.59. The van der Waals surface area contributed by atoms with Crippen molar-refractivity contribution in [2.45, 2.75) is 251 Å². The number of rotatable bonds is 26. The number of aromatic nitrogens is 8. The minimum atomic E-state index is -4.16. The minimum Gasteiger partial charge on any atom is -0.461 e. The first-order valence-electron chi connectivity index (χ1n) is 30.0. The summed E-state index contributed by atoms with van der Waals surface area (Å²) in [4.78, 5) is 79.8. The van der Waals surface area contributed by atoms with Crippen LogP contribution in [0.2, 0.25) is 0 Å². The first kappa shape index (κ1) is 73.1. The Hall–Kier alpha value is -4.42. The van der Waals surface area contributed by atoms with Crippen molar-refractivity contribution in [2.75, 3.05) is 24.2 Å². The molecule has 0 bridgehead atoms. The van der Waals surface area contributed by atoms with E-state index in [0.717, 1.165) is 83.0 Å². The van der Waals surface area contributed by atoms with Gasteiger partial charge in [-0.15, -0.1) is 11.6 Å².